The Labute approximate surface area is 156 Å². The molecule has 0 spiro atoms. The van der Waals surface area contributed by atoms with Crippen molar-refractivity contribution in [3.05, 3.63) is 70.7 Å². The van der Waals surface area contributed by atoms with Crippen LogP contribution in [-0.2, 0) is 11.2 Å². The molecule has 0 bridgehead atoms. The predicted octanol–water partition coefficient (Wildman–Crippen LogP) is 3.57. The fourth-order valence-corrected chi connectivity index (χ4v) is 2.95. The number of rotatable bonds is 5. The SMILES string of the molecule is O=C(OCCc1cc2cc(Br)ccc2o1)c1cccc(-n2cnnn2)c1. The molecule has 8 heteroatoms. The Bertz CT molecular complexity index is 1060. The molecule has 4 aromatic rings. The number of hydrogen-bond acceptors (Lipinski definition) is 6. The normalized spacial score (nSPS) is 11.0. The number of carbonyl (C=O) groups excluding carboxylic acids is 1. The number of halogens is 1. The lowest BCUT2D eigenvalue weighted by molar-refractivity contribution is 0.0505. The smallest absolute Gasteiger partial charge is 0.338 e. The quantitative estimate of drug-likeness (QED) is 0.466. The monoisotopic (exact) mass is 412 g/mol. The van der Waals surface area contributed by atoms with Gasteiger partial charge in [0.2, 0.25) is 0 Å². The lowest BCUT2D eigenvalue weighted by Gasteiger charge is -2.05. The molecule has 0 saturated carbocycles. The standard InChI is InChI=1S/C18H13BrN4O3/c19-14-4-5-17-13(8-14)10-16(26-17)6-7-25-18(24)12-2-1-3-15(9-12)23-11-20-21-22-23/h1-5,8-11H,6-7H2. The van der Waals surface area contributed by atoms with Crippen LogP contribution in [0, 0.1) is 0 Å². The highest BCUT2D eigenvalue weighted by atomic mass is 79.9. The molecule has 26 heavy (non-hydrogen) atoms. The first-order valence-electron chi connectivity index (χ1n) is 7.87. The van der Waals surface area contributed by atoms with Crippen LogP contribution in [0.15, 0.2) is 63.7 Å². The minimum absolute atomic E-state index is 0.231. The summed E-state index contributed by atoms with van der Waals surface area (Å²) in [6, 6.07) is 14.7. The molecule has 2 aromatic heterocycles. The molecular formula is C18H13BrN4O3. The van der Waals surface area contributed by atoms with Crippen molar-refractivity contribution >= 4 is 32.9 Å². The van der Waals surface area contributed by atoms with Crippen LogP contribution in [-0.4, -0.2) is 32.8 Å². The third kappa shape index (κ3) is 3.50. The maximum atomic E-state index is 12.3. The Kier molecular flexibility index (Phi) is 4.49. The van der Waals surface area contributed by atoms with Gasteiger partial charge in [-0.15, -0.1) is 5.10 Å². The number of carbonyl (C=O) groups is 1. The van der Waals surface area contributed by atoms with E-state index in [9.17, 15) is 4.79 Å². The van der Waals surface area contributed by atoms with Gasteiger partial charge in [-0.25, -0.2) is 9.48 Å². The number of ether oxygens (including phenoxy) is 1. The van der Waals surface area contributed by atoms with E-state index in [0.717, 1.165) is 21.2 Å². The highest BCUT2D eigenvalue weighted by Crippen LogP contribution is 2.23. The van der Waals surface area contributed by atoms with Crippen molar-refractivity contribution in [3.8, 4) is 5.69 Å². The molecule has 0 atom stereocenters. The van der Waals surface area contributed by atoms with Crippen molar-refractivity contribution in [2.45, 2.75) is 6.42 Å². The molecule has 0 amide bonds. The van der Waals surface area contributed by atoms with Gasteiger partial charge in [0.25, 0.3) is 0 Å². The summed E-state index contributed by atoms with van der Waals surface area (Å²) in [4.78, 5) is 12.3. The van der Waals surface area contributed by atoms with Crippen LogP contribution in [0.3, 0.4) is 0 Å². The fourth-order valence-electron chi connectivity index (χ4n) is 2.58. The number of furan rings is 1. The van der Waals surface area contributed by atoms with Crippen molar-refractivity contribution < 1.29 is 13.9 Å². The number of tetrazole rings is 1. The molecule has 0 aliphatic carbocycles. The molecule has 130 valence electrons. The molecule has 0 aliphatic rings. The van der Waals surface area contributed by atoms with Crippen molar-refractivity contribution in [3.63, 3.8) is 0 Å². The van der Waals surface area contributed by atoms with Crippen LogP contribution < -0.4 is 0 Å². The molecule has 2 aromatic carbocycles. The van der Waals surface area contributed by atoms with Crippen LogP contribution >= 0.6 is 15.9 Å². The second kappa shape index (κ2) is 7.09. The summed E-state index contributed by atoms with van der Waals surface area (Å²) in [7, 11) is 0. The van der Waals surface area contributed by atoms with Gasteiger partial charge in [-0.1, -0.05) is 22.0 Å². The molecule has 0 saturated heterocycles. The second-order valence-electron chi connectivity index (χ2n) is 5.59. The van der Waals surface area contributed by atoms with E-state index in [4.69, 9.17) is 9.15 Å². The lowest BCUT2D eigenvalue weighted by atomic mass is 10.2. The van der Waals surface area contributed by atoms with E-state index in [0.29, 0.717) is 17.7 Å². The number of hydrogen-bond donors (Lipinski definition) is 0. The molecule has 0 radical (unpaired) electrons. The average molecular weight is 413 g/mol. The van der Waals surface area contributed by atoms with Gasteiger partial charge in [-0.05, 0) is 52.9 Å². The largest absolute Gasteiger partial charge is 0.462 e. The zero-order valence-corrected chi connectivity index (χ0v) is 15.1. The minimum atomic E-state index is -0.404. The number of benzene rings is 2. The van der Waals surface area contributed by atoms with Gasteiger partial charge in [0.05, 0.1) is 17.9 Å². The van der Waals surface area contributed by atoms with E-state index in [-0.39, 0.29) is 6.61 Å². The summed E-state index contributed by atoms with van der Waals surface area (Å²) in [5.74, 6) is 0.368. The van der Waals surface area contributed by atoms with Crippen molar-refractivity contribution in [1.29, 1.82) is 0 Å². The number of esters is 1. The number of aromatic nitrogens is 4. The van der Waals surface area contributed by atoms with Crippen LogP contribution in [0.2, 0.25) is 0 Å². The maximum absolute atomic E-state index is 12.3. The predicted molar refractivity (Wildman–Crippen MR) is 97.1 cm³/mol. The maximum Gasteiger partial charge on any atom is 0.338 e. The third-order valence-corrected chi connectivity index (χ3v) is 4.30. The van der Waals surface area contributed by atoms with Gasteiger partial charge in [0.15, 0.2) is 0 Å². The van der Waals surface area contributed by atoms with E-state index in [1.165, 1.54) is 11.0 Å². The Morgan fingerprint density at radius 3 is 2.96 bits per heavy atom. The Morgan fingerprint density at radius 1 is 1.19 bits per heavy atom. The third-order valence-electron chi connectivity index (χ3n) is 3.81. The van der Waals surface area contributed by atoms with Crippen LogP contribution in [0.4, 0.5) is 0 Å². The van der Waals surface area contributed by atoms with Gasteiger partial charge < -0.3 is 9.15 Å². The molecule has 2 heterocycles. The molecule has 7 nitrogen and oxygen atoms in total. The molecule has 0 unspecified atom stereocenters. The first-order chi connectivity index (χ1) is 12.7. The van der Waals surface area contributed by atoms with Crippen LogP contribution in [0.1, 0.15) is 16.1 Å². The van der Waals surface area contributed by atoms with E-state index in [2.05, 4.69) is 31.5 Å². The van der Waals surface area contributed by atoms with Crippen molar-refractivity contribution in [1.82, 2.24) is 20.2 Å². The minimum Gasteiger partial charge on any atom is -0.462 e. The summed E-state index contributed by atoms with van der Waals surface area (Å²) >= 11 is 3.43. The Hall–Kier alpha value is -3.00. The van der Waals surface area contributed by atoms with Crippen LogP contribution in [0.25, 0.3) is 16.7 Å². The van der Waals surface area contributed by atoms with Crippen molar-refractivity contribution in [2.24, 2.45) is 0 Å². The molecule has 0 N–H and O–H groups in total. The molecule has 0 fully saturated rings. The Balaban J connectivity index is 1.40. The summed E-state index contributed by atoms with van der Waals surface area (Å²) in [5, 5.41) is 12.0. The van der Waals surface area contributed by atoms with E-state index >= 15 is 0 Å². The summed E-state index contributed by atoms with van der Waals surface area (Å²) in [6.45, 7) is 0.231. The summed E-state index contributed by atoms with van der Waals surface area (Å²) in [6.07, 6.45) is 1.97. The van der Waals surface area contributed by atoms with E-state index in [1.807, 2.05) is 24.3 Å². The number of nitrogens with zero attached hydrogens (tertiary/aromatic N) is 4. The topological polar surface area (TPSA) is 83.0 Å². The average Bonchev–Trinajstić information content (AvgIpc) is 3.31. The van der Waals surface area contributed by atoms with Crippen LogP contribution in [0.5, 0.6) is 0 Å². The molecular weight excluding hydrogens is 400 g/mol. The lowest BCUT2D eigenvalue weighted by Crippen LogP contribution is -2.08. The first kappa shape index (κ1) is 16.5. The summed E-state index contributed by atoms with van der Waals surface area (Å²) in [5.41, 5.74) is 1.93. The molecule has 4 rings (SSSR count). The van der Waals surface area contributed by atoms with E-state index < -0.39 is 5.97 Å². The van der Waals surface area contributed by atoms with Crippen molar-refractivity contribution in [2.75, 3.05) is 6.61 Å². The zero-order chi connectivity index (χ0) is 17.9. The number of fused-ring (bicyclic) bond motifs is 1. The van der Waals surface area contributed by atoms with Gasteiger partial charge in [-0.3, -0.25) is 0 Å². The first-order valence-corrected chi connectivity index (χ1v) is 8.67. The Morgan fingerprint density at radius 2 is 2.12 bits per heavy atom. The van der Waals surface area contributed by atoms with Gasteiger partial charge in [-0.2, -0.15) is 0 Å². The highest BCUT2D eigenvalue weighted by molar-refractivity contribution is 9.10. The fraction of sp³-hybridized carbons (Fsp3) is 0.111. The second-order valence-corrected chi connectivity index (χ2v) is 6.50. The molecule has 0 aliphatic heterocycles. The zero-order valence-electron chi connectivity index (χ0n) is 13.5. The van der Waals surface area contributed by atoms with Gasteiger partial charge >= 0.3 is 5.97 Å². The summed E-state index contributed by atoms with van der Waals surface area (Å²) < 4.78 is 13.6. The van der Waals surface area contributed by atoms with E-state index in [1.54, 1.807) is 24.3 Å². The van der Waals surface area contributed by atoms with Gasteiger partial charge in [0, 0.05) is 16.3 Å². The highest BCUT2D eigenvalue weighted by Gasteiger charge is 2.10. The van der Waals surface area contributed by atoms with Gasteiger partial charge in [0.1, 0.15) is 17.7 Å².